The number of nitrogens with one attached hydrogen (secondary N) is 4. The van der Waals surface area contributed by atoms with Gasteiger partial charge in [0.2, 0.25) is 5.95 Å². The van der Waals surface area contributed by atoms with Crippen LogP contribution in [0.15, 0.2) is 18.6 Å². The third-order valence-electron chi connectivity index (χ3n) is 3.89. The normalized spacial score (nSPS) is 17.7. The van der Waals surface area contributed by atoms with E-state index >= 15 is 0 Å². The highest BCUT2D eigenvalue weighted by Crippen LogP contribution is 2.17. The fourth-order valence-corrected chi connectivity index (χ4v) is 2.65. The molecule has 3 rings (SSSR count). The summed E-state index contributed by atoms with van der Waals surface area (Å²) in [7, 11) is 1.86. The summed E-state index contributed by atoms with van der Waals surface area (Å²) < 4.78 is 1.71. The maximum absolute atomic E-state index is 7.51. The summed E-state index contributed by atoms with van der Waals surface area (Å²) in [5, 5.41) is 21.5. The maximum atomic E-state index is 7.51. The van der Waals surface area contributed by atoms with Gasteiger partial charge in [-0.05, 0) is 31.8 Å². The summed E-state index contributed by atoms with van der Waals surface area (Å²) in [6.07, 6.45) is 8.92. The lowest BCUT2D eigenvalue weighted by Gasteiger charge is -2.23. The smallest absolute Gasteiger partial charge is 0.229 e. The topological polar surface area (TPSA) is 104 Å². The second-order valence-corrected chi connectivity index (χ2v) is 5.76. The molecule has 2 aromatic rings. The second kappa shape index (κ2) is 7.19. The van der Waals surface area contributed by atoms with Crippen LogP contribution in [0, 0.1) is 11.3 Å². The van der Waals surface area contributed by atoms with Gasteiger partial charge in [-0.15, -0.1) is 0 Å². The van der Waals surface area contributed by atoms with E-state index in [2.05, 4.69) is 31.0 Å². The highest BCUT2D eigenvalue weighted by Gasteiger charge is 2.14. The van der Waals surface area contributed by atoms with Gasteiger partial charge in [-0.1, -0.05) is 0 Å². The predicted octanol–water partition coefficient (Wildman–Crippen LogP) is 1.36. The molecule has 8 nitrogen and oxygen atoms in total. The van der Waals surface area contributed by atoms with Crippen LogP contribution in [0.4, 0.5) is 17.5 Å². The van der Waals surface area contributed by atoms with Crippen molar-refractivity contribution in [1.82, 2.24) is 25.1 Å². The first-order chi connectivity index (χ1) is 11.2. The number of aryl methyl sites for hydroxylation is 1. The van der Waals surface area contributed by atoms with Crippen LogP contribution in [0.25, 0.3) is 0 Å². The molecule has 0 spiro atoms. The molecule has 0 bridgehead atoms. The van der Waals surface area contributed by atoms with Crippen LogP contribution in [0.3, 0.4) is 0 Å². The van der Waals surface area contributed by atoms with E-state index in [1.807, 2.05) is 13.2 Å². The molecule has 0 aromatic carbocycles. The van der Waals surface area contributed by atoms with E-state index in [4.69, 9.17) is 5.41 Å². The first kappa shape index (κ1) is 15.4. The number of piperidine rings is 1. The summed E-state index contributed by atoms with van der Waals surface area (Å²) in [6, 6.07) is 0. The Bertz CT molecular complexity index is 659. The van der Waals surface area contributed by atoms with Crippen molar-refractivity contribution in [2.24, 2.45) is 13.0 Å². The average molecular weight is 314 g/mol. The molecule has 1 aliphatic rings. The van der Waals surface area contributed by atoms with Crippen LogP contribution in [-0.2, 0) is 7.05 Å². The number of rotatable bonds is 6. The van der Waals surface area contributed by atoms with Crippen molar-refractivity contribution in [2.45, 2.75) is 12.8 Å². The van der Waals surface area contributed by atoms with Gasteiger partial charge in [0.05, 0.1) is 17.4 Å². The molecule has 1 atom stereocenters. The number of hydrogen-bond acceptors (Lipinski definition) is 7. The Kier molecular flexibility index (Phi) is 4.82. The van der Waals surface area contributed by atoms with Gasteiger partial charge in [-0.2, -0.15) is 10.1 Å². The third-order valence-corrected chi connectivity index (χ3v) is 3.89. The van der Waals surface area contributed by atoms with Gasteiger partial charge in [0.15, 0.2) is 0 Å². The average Bonchev–Trinajstić information content (AvgIpc) is 2.99. The van der Waals surface area contributed by atoms with Gasteiger partial charge in [0, 0.05) is 32.2 Å². The largest absolute Gasteiger partial charge is 0.369 e. The molecule has 4 N–H and O–H groups in total. The van der Waals surface area contributed by atoms with Crippen LogP contribution >= 0.6 is 0 Å². The Morgan fingerprint density at radius 3 is 3.09 bits per heavy atom. The van der Waals surface area contributed by atoms with E-state index in [9.17, 15) is 0 Å². The highest BCUT2D eigenvalue weighted by atomic mass is 15.3. The van der Waals surface area contributed by atoms with Crippen molar-refractivity contribution in [3.05, 3.63) is 24.2 Å². The first-order valence-corrected chi connectivity index (χ1v) is 7.82. The molecule has 1 saturated heterocycles. The molecule has 2 aromatic heterocycles. The lowest BCUT2D eigenvalue weighted by atomic mass is 10.00. The summed E-state index contributed by atoms with van der Waals surface area (Å²) in [6.45, 7) is 2.98. The van der Waals surface area contributed by atoms with E-state index in [1.54, 1.807) is 17.1 Å². The molecular weight excluding hydrogens is 292 g/mol. The Labute approximate surface area is 135 Å². The summed E-state index contributed by atoms with van der Waals surface area (Å²) in [5.41, 5.74) is 1.52. The van der Waals surface area contributed by atoms with Crippen LogP contribution in [0.2, 0.25) is 0 Å². The van der Waals surface area contributed by atoms with E-state index in [-0.39, 0.29) is 0 Å². The van der Waals surface area contributed by atoms with Gasteiger partial charge >= 0.3 is 0 Å². The SMILES string of the molecule is Cn1cc(Nc2ncc(C=N)c(NCC3CCCNC3)n2)cn1. The minimum absolute atomic E-state index is 0.493. The highest BCUT2D eigenvalue weighted by molar-refractivity contribution is 5.84. The first-order valence-electron chi connectivity index (χ1n) is 7.82. The van der Waals surface area contributed by atoms with Crippen LogP contribution < -0.4 is 16.0 Å². The fourth-order valence-electron chi connectivity index (χ4n) is 2.65. The van der Waals surface area contributed by atoms with E-state index < -0.39 is 0 Å². The standard InChI is InChI=1S/C15H22N8/c1-23-10-13(9-20-23)21-15-19-8-12(5-16)14(22-15)18-7-11-3-2-4-17-6-11/h5,8-11,16-17H,2-4,6-7H2,1H3,(H2,18,19,21,22). The zero-order valence-corrected chi connectivity index (χ0v) is 13.2. The van der Waals surface area contributed by atoms with Gasteiger partial charge in [-0.3, -0.25) is 4.68 Å². The quantitative estimate of drug-likeness (QED) is 0.600. The number of nitrogens with zero attached hydrogens (tertiary/aromatic N) is 4. The lowest BCUT2D eigenvalue weighted by Crippen LogP contribution is -2.33. The van der Waals surface area contributed by atoms with E-state index in [0.29, 0.717) is 23.2 Å². The van der Waals surface area contributed by atoms with Crippen molar-refractivity contribution in [3.63, 3.8) is 0 Å². The molecule has 1 unspecified atom stereocenters. The third kappa shape index (κ3) is 4.04. The number of aromatic nitrogens is 4. The molecule has 8 heteroatoms. The molecule has 0 amide bonds. The van der Waals surface area contributed by atoms with Crippen molar-refractivity contribution >= 4 is 23.7 Å². The molecule has 3 heterocycles. The van der Waals surface area contributed by atoms with Gasteiger partial charge in [-0.25, -0.2) is 4.98 Å². The number of hydrogen-bond donors (Lipinski definition) is 4. The van der Waals surface area contributed by atoms with Crippen molar-refractivity contribution in [2.75, 3.05) is 30.3 Å². The minimum Gasteiger partial charge on any atom is -0.369 e. The monoisotopic (exact) mass is 314 g/mol. The van der Waals surface area contributed by atoms with Crippen LogP contribution in [-0.4, -0.2) is 45.6 Å². The Morgan fingerprint density at radius 1 is 1.48 bits per heavy atom. The van der Waals surface area contributed by atoms with Crippen molar-refractivity contribution in [1.29, 1.82) is 5.41 Å². The predicted molar refractivity (Wildman–Crippen MR) is 90.5 cm³/mol. The molecule has 0 aliphatic carbocycles. The van der Waals surface area contributed by atoms with Crippen molar-refractivity contribution < 1.29 is 0 Å². The summed E-state index contributed by atoms with van der Waals surface area (Å²) in [4.78, 5) is 8.74. The molecular formula is C15H22N8. The fraction of sp³-hybridized carbons (Fsp3) is 0.467. The Balaban J connectivity index is 1.69. The van der Waals surface area contributed by atoms with Crippen molar-refractivity contribution in [3.8, 4) is 0 Å². The van der Waals surface area contributed by atoms with Gasteiger partial charge in [0.25, 0.3) is 0 Å². The number of anilines is 3. The van der Waals surface area contributed by atoms with Gasteiger partial charge < -0.3 is 21.4 Å². The molecule has 1 aliphatic heterocycles. The molecule has 23 heavy (non-hydrogen) atoms. The zero-order valence-electron chi connectivity index (χ0n) is 13.2. The zero-order chi connectivity index (χ0) is 16.1. The lowest BCUT2D eigenvalue weighted by molar-refractivity contribution is 0.392. The molecule has 122 valence electrons. The molecule has 0 radical (unpaired) electrons. The minimum atomic E-state index is 0.493. The van der Waals surface area contributed by atoms with E-state index in [1.165, 1.54) is 19.1 Å². The maximum Gasteiger partial charge on any atom is 0.229 e. The van der Waals surface area contributed by atoms with Crippen LogP contribution in [0.5, 0.6) is 0 Å². The Morgan fingerprint density at radius 2 is 2.39 bits per heavy atom. The molecule has 1 fully saturated rings. The second-order valence-electron chi connectivity index (χ2n) is 5.76. The van der Waals surface area contributed by atoms with E-state index in [0.717, 1.165) is 25.3 Å². The van der Waals surface area contributed by atoms with Gasteiger partial charge in [0.1, 0.15) is 5.82 Å². The Hall–Kier alpha value is -2.48. The van der Waals surface area contributed by atoms with Crippen LogP contribution in [0.1, 0.15) is 18.4 Å². The molecule has 0 saturated carbocycles. The summed E-state index contributed by atoms with van der Waals surface area (Å²) in [5.74, 6) is 1.77. The summed E-state index contributed by atoms with van der Waals surface area (Å²) >= 11 is 0.